The van der Waals surface area contributed by atoms with E-state index in [0.717, 1.165) is 12.1 Å². The van der Waals surface area contributed by atoms with Crippen LogP contribution in [0.1, 0.15) is 11.3 Å². The van der Waals surface area contributed by atoms with Crippen LogP contribution in [0, 0.1) is 6.92 Å². The predicted octanol–water partition coefficient (Wildman–Crippen LogP) is 4.44. The van der Waals surface area contributed by atoms with E-state index < -0.39 is 21.8 Å². The largest absolute Gasteiger partial charge is 0.416 e. The molecule has 4 rings (SSSR count). The predicted molar refractivity (Wildman–Crippen MR) is 110 cm³/mol. The Balaban J connectivity index is 1.69. The minimum Gasteiger partial charge on any atom is -0.332 e. The van der Waals surface area contributed by atoms with Gasteiger partial charge in [0, 0.05) is 11.3 Å². The number of pyridine rings is 1. The van der Waals surface area contributed by atoms with E-state index in [1.807, 2.05) is 0 Å². The summed E-state index contributed by atoms with van der Waals surface area (Å²) < 4.78 is 66.9. The van der Waals surface area contributed by atoms with Crippen LogP contribution in [-0.4, -0.2) is 23.5 Å². The zero-order valence-corrected chi connectivity index (χ0v) is 17.3. The molecule has 0 saturated carbocycles. The number of aromatic nitrogens is 3. The molecule has 0 aliphatic heterocycles. The third-order valence-electron chi connectivity index (χ3n) is 4.56. The van der Waals surface area contributed by atoms with Gasteiger partial charge in [0.05, 0.1) is 10.5 Å². The molecule has 0 aliphatic carbocycles. The van der Waals surface area contributed by atoms with Gasteiger partial charge in [0.1, 0.15) is 5.69 Å². The van der Waals surface area contributed by atoms with Gasteiger partial charge in [-0.2, -0.15) is 18.2 Å². The van der Waals surface area contributed by atoms with Crippen molar-refractivity contribution in [2.24, 2.45) is 5.14 Å². The molecular weight excluding hydrogens is 445 g/mol. The van der Waals surface area contributed by atoms with Crippen molar-refractivity contribution in [3.8, 4) is 34.1 Å². The highest BCUT2D eigenvalue weighted by molar-refractivity contribution is 7.89. The van der Waals surface area contributed by atoms with Gasteiger partial charge >= 0.3 is 6.18 Å². The van der Waals surface area contributed by atoms with Gasteiger partial charge in [-0.15, -0.1) is 0 Å². The summed E-state index contributed by atoms with van der Waals surface area (Å²) in [6.45, 7) is 1.73. The molecule has 2 N–H and O–H groups in total. The van der Waals surface area contributed by atoms with Crippen LogP contribution in [0.4, 0.5) is 13.2 Å². The summed E-state index contributed by atoms with van der Waals surface area (Å²) in [6.07, 6.45) is -4.42. The zero-order valence-electron chi connectivity index (χ0n) is 16.5. The van der Waals surface area contributed by atoms with E-state index in [-0.39, 0.29) is 16.6 Å². The van der Waals surface area contributed by atoms with Crippen LogP contribution < -0.4 is 5.14 Å². The van der Waals surface area contributed by atoms with Crippen LogP contribution in [0.15, 0.2) is 70.1 Å². The molecule has 7 nitrogen and oxygen atoms in total. The van der Waals surface area contributed by atoms with Crippen molar-refractivity contribution in [1.82, 2.24) is 15.1 Å². The molecule has 4 aromatic rings. The monoisotopic (exact) mass is 460 g/mol. The van der Waals surface area contributed by atoms with Crippen molar-refractivity contribution in [2.75, 3.05) is 0 Å². The smallest absolute Gasteiger partial charge is 0.332 e. The quantitative estimate of drug-likeness (QED) is 0.482. The highest BCUT2D eigenvalue weighted by Gasteiger charge is 2.30. The van der Waals surface area contributed by atoms with Gasteiger partial charge in [-0.25, -0.2) is 18.5 Å². The number of nitrogens with zero attached hydrogens (tertiary/aromatic N) is 3. The number of alkyl halides is 3. The fourth-order valence-electron chi connectivity index (χ4n) is 3.05. The van der Waals surface area contributed by atoms with Gasteiger partial charge < -0.3 is 4.52 Å². The van der Waals surface area contributed by atoms with E-state index in [1.165, 1.54) is 30.3 Å². The normalized spacial score (nSPS) is 12.2. The first-order chi connectivity index (χ1) is 15.0. The number of nitrogens with two attached hydrogens (primary N) is 1. The van der Waals surface area contributed by atoms with Crippen LogP contribution in [0.5, 0.6) is 0 Å². The first kappa shape index (κ1) is 21.7. The average Bonchev–Trinajstić information content (AvgIpc) is 3.23. The maximum atomic E-state index is 12.8. The van der Waals surface area contributed by atoms with Crippen molar-refractivity contribution < 1.29 is 26.1 Å². The molecule has 32 heavy (non-hydrogen) atoms. The number of rotatable bonds is 4. The van der Waals surface area contributed by atoms with E-state index in [2.05, 4.69) is 15.1 Å². The van der Waals surface area contributed by atoms with Gasteiger partial charge in [0.25, 0.3) is 5.89 Å². The van der Waals surface area contributed by atoms with E-state index in [0.29, 0.717) is 28.1 Å². The molecule has 11 heteroatoms. The number of sulfonamides is 1. The maximum absolute atomic E-state index is 12.8. The van der Waals surface area contributed by atoms with Crippen molar-refractivity contribution in [3.05, 3.63) is 71.9 Å². The molecular formula is C21H15F3N4O3S. The first-order valence-electron chi connectivity index (χ1n) is 9.14. The van der Waals surface area contributed by atoms with E-state index in [4.69, 9.17) is 9.66 Å². The summed E-state index contributed by atoms with van der Waals surface area (Å²) >= 11 is 0. The van der Waals surface area contributed by atoms with Crippen molar-refractivity contribution in [3.63, 3.8) is 0 Å². The Morgan fingerprint density at radius 1 is 0.906 bits per heavy atom. The first-order valence-corrected chi connectivity index (χ1v) is 10.7. The number of primary sulfonamides is 1. The summed E-state index contributed by atoms with van der Waals surface area (Å²) in [5.74, 6) is 0.197. The molecule has 164 valence electrons. The van der Waals surface area contributed by atoms with E-state index in [9.17, 15) is 21.6 Å². The Morgan fingerprint density at radius 2 is 1.62 bits per heavy atom. The number of hydrogen-bond donors (Lipinski definition) is 1. The third-order valence-corrected chi connectivity index (χ3v) is 5.48. The van der Waals surface area contributed by atoms with Gasteiger partial charge in [0.15, 0.2) is 0 Å². The lowest BCUT2D eigenvalue weighted by atomic mass is 10.0. The number of hydrogen-bond acceptors (Lipinski definition) is 6. The number of aryl methyl sites for hydroxylation is 1. The maximum Gasteiger partial charge on any atom is 0.416 e. The molecule has 2 aromatic heterocycles. The van der Waals surface area contributed by atoms with Crippen LogP contribution in [0.2, 0.25) is 0 Å². The summed E-state index contributed by atoms with van der Waals surface area (Å²) in [6, 6.07) is 13.9. The third kappa shape index (κ3) is 4.53. The molecule has 0 fully saturated rings. The van der Waals surface area contributed by atoms with Crippen LogP contribution in [0.3, 0.4) is 0 Å². The van der Waals surface area contributed by atoms with Gasteiger partial charge in [-0.3, -0.25) is 0 Å². The summed E-state index contributed by atoms with van der Waals surface area (Å²) in [5, 5.41) is 9.03. The lowest BCUT2D eigenvalue weighted by Crippen LogP contribution is -2.11. The standard InChI is InChI=1S/C21H15F3N4O3S/c1-12-9-15(13-5-7-16(8-6-13)21(22,23)24)11-18(26-12)20-27-19(28-31-20)14-3-2-4-17(10-14)32(25,29)30/h2-11H,1H3,(H2,25,29,30). The fraction of sp³-hybridized carbons (Fsp3) is 0.0952. The molecule has 2 heterocycles. The van der Waals surface area contributed by atoms with Gasteiger partial charge in [-0.05, 0) is 54.4 Å². The van der Waals surface area contributed by atoms with Crippen LogP contribution in [-0.2, 0) is 16.2 Å². The van der Waals surface area contributed by atoms with Gasteiger partial charge in [-0.1, -0.05) is 29.4 Å². The van der Waals surface area contributed by atoms with Crippen molar-refractivity contribution in [1.29, 1.82) is 0 Å². The van der Waals surface area contributed by atoms with Crippen molar-refractivity contribution in [2.45, 2.75) is 18.0 Å². The second kappa shape index (κ2) is 7.84. The highest BCUT2D eigenvalue weighted by atomic mass is 32.2. The molecule has 0 unspecified atom stereocenters. The molecule has 0 amide bonds. The second-order valence-electron chi connectivity index (χ2n) is 6.95. The Bertz CT molecular complexity index is 1400. The van der Waals surface area contributed by atoms with Crippen molar-refractivity contribution >= 4 is 10.0 Å². The zero-order chi connectivity index (χ0) is 23.1. The summed E-state index contributed by atoms with van der Waals surface area (Å²) in [5.41, 5.74) is 1.73. The lowest BCUT2D eigenvalue weighted by Gasteiger charge is -2.09. The molecule has 2 aromatic carbocycles. The number of benzene rings is 2. The second-order valence-corrected chi connectivity index (χ2v) is 8.51. The Kier molecular flexibility index (Phi) is 5.31. The Hall–Kier alpha value is -3.57. The average molecular weight is 460 g/mol. The Labute approximate surface area is 180 Å². The minimum absolute atomic E-state index is 0.0675. The minimum atomic E-state index is -4.42. The van der Waals surface area contributed by atoms with E-state index >= 15 is 0 Å². The Morgan fingerprint density at radius 3 is 2.28 bits per heavy atom. The lowest BCUT2D eigenvalue weighted by molar-refractivity contribution is -0.137. The summed E-state index contributed by atoms with van der Waals surface area (Å²) in [4.78, 5) is 8.53. The topological polar surface area (TPSA) is 112 Å². The molecule has 0 bridgehead atoms. The van der Waals surface area contributed by atoms with Crippen LogP contribution in [0.25, 0.3) is 34.1 Å². The molecule has 0 spiro atoms. The molecule has 0 atom stereocenters. The molecule has 0 saturated heterocycles. The highest BCUT2D eigenvalue weighted by Crippen LogP contribution is 2.32. The fourth-order valence-corrected chi connectivity index (χ4v) is 3.61. The number of halogens is 3. The molecule has 0 radical (unpaired) electrons. The van der Waals surface area contributed by atoms with Crippen LogP contribution >= 0.6 is 0 Å². The van der Waals surface area contributed by atoms with E-state index in [1.54, 1.807) is 25.1 Å². The van der Waals surface area contributed by atoms with Gasteiger partial charge in [0.2, 0.25) is 15.8 Å². The molecule has 0 aliphatic rings. The summed E-state index contributed by atoms with van der Waals surface area (Å²) in [7, 11) is -3.90. The SMILES string of the molecule is Cc1cc(-c2ccc(C(F)(F)F)cc2)cc(-c2nc(-c3cccc(S(N)(=O)=O)c3)no2)n1.